The highest BCUT2D eigenvalue weighted by molar-refractivity contribution is 5.92. The highest BCUT2D eigenvalue weighted by atomic mass is 19.4. The molecule has 0 saturated carbocycles. The highest BCUT2D eigenvalue weighted by Gasteiger charge is 2.31. The molecule has 0 saturated heterocycles. The van der Waals surface area contributed by atoms with Crippen molar-refractivity contribution in [3.05, 3.63) is 29.3 Å². The van der Waals surface area contributed by atoms with Gasteiger partial charge in [0.25, 0.3) is 0 Å². The molecule has 4 nitrogen and oxygen atoms in total. The van der Waals surface area contributed by atoms with Crippen molar-refractivity contribution in [3.63, 3.8) is 0 Å². The minimum atomic E-state index is -4.53. The number of nitrogens with two attached hydrogens (primary N) is 1. The van der Waals surface area contributed by atoms with E-state index < -0.39 is 17.6 Å². The van der Waals surface area contributed by atoms with Gasteiger partial charge in [-0.3, -0.25) is 4.79 Å². The highest BCUT2D eigenvalue weighted by Crippen LogP contribution is 2.31. The number of carbonyl (C=O) groups is 1. The average Bonchev–Trinajstić information content (AvgIpc) is 2.37. The summed E-state index contributed by atoms with van der Waals surface area (Å²) < 4.78 is 37.6. The Hall–Kier alpha value is -2.07. The Kier molecular flexibility index (Phi) is 5.33. The van der Waals surface area contributed by atoms with E-state index in [4.69, 9.17) is 11.0 Å². The van der Waals surface area contributed by atoms with E-state index in [0.29, 0.717) is 6.07 Å². The molecule has 0 bridgehead atoms. The summed E-state index contributed by atoms with van der Waals surface area (Å²) in [6.45, 7) is 3.72. The summed E-state index contributed by atoms with van der Waals surface area (Å²) in [5.74, 6) is -0.341. The Bertz CT molecular complexity index is 562. The topological polar surface area (TPSA) is 78.9 Å². The van der Waals surface area contributed by atoms with E-state index in [0.717, 1.165) is 12.1 Å². The number of anilines is 1. The molecule has 1 amide bonds. The van der Waals surface area contributed by atoms with Gasteiger partial charge in [0.15, 0.2) is 0 Å². The SMILES string of the molecule is CC(C)C(N)CC(=O)Nc1ccc(C(F)(F)F)cc1C#N. The van der Waals surface area contributed by atoms with Crippen LogP contribution in [0.25, 0.3) is 0 Å². The first kappa shape index (κ1) is 17.0. The summed E-state index contributed by atoms with van der Waals surface area (Å²) in [6, 6.07) is 3.88. The van der Waals surface area contributed by atoms with Crippen LogP contribution in [-0.4, -0.2) is 11.9 Å². The first-order chi connectivity index (χ1) is 9.65. The molecule has 21 heavy (non-hydrogen) atoms. The number of benzene rings is 1. The van der Waals surface area contributed by atoms with Gasteiger partial charge in [-0.05, 0) is 24.1 Å². The van der Waals surface area contributed by atoms with Crippen LogP contribution >= 0.6 is 0 Å². The van der Waals surface area contributed by atoms with Gasteiger partial charge < -0.3 is 11.1 Å². The molecule has 0 spiro atoms. The Morgan fingerprint density at radius 2 is 2.05 bits per heavy atom. The number of hydrogen-bond donors (Lipinski definition) is 2. The van der Waals surface area contributed by atoms with Crippen molar-refractivity contribution in [2.45, 2.75) is 32.5 Å². The molecule has 1 aromatic rings. The Labute approximate surface area is 120 Å². The molecule has 0 heterocycles. The van der Waals surface area contributed by atoms with Gasteiger partial charge in [0.2, 0.25) is 5.91 Å². The van der Waals surface area contributed by atoms with Crippen molar-refractivity contribution in [1.82, 2.24) is 0 Å². The average molecular weight is 299 g/mol. The van der Waals surface area contributed by atoms with Crippen LogP contribution < -0.4 is 11.1 Å². The van der Waals surface area contributed by atoms with Crippen LogP contribution in [0.15, 0.2) is 18.2 Å². The fourth-order valence-corrected chi connectivity index (χ4v) is 1.57. The lowest BCUT2D eigenvalue weighted by Crippen LogP contribution is -2.31. The fourth-order valence-electron chi connectivity index (χ4n) is 1.57. The lowest BCUT2D eigenvalue weighted by Gasteiger charge is -2.16. The molecule has 0 radical (unpaired) electrons. The third kappa shape index (κ3) is 4.76. The second-order valence-corrected chi connectivity index (χ2v) is 5.03. The second kappa shape index (κ2) is 6.59. The lowest BCUT2D eigenvalue weighted by molar-refractivity contribution is -0.137. The summed E-state index contributed by atoms with van der Waals surface area (Å²) in [6.07, 6.45) is -4.50. The largest absolute Gasteiger partial charge is 0.416 e. The second-order valence-electron chi connectivity index (χ2n) is 5.03. The number of alkyl halides is 3. The lowest BCUT2D eigenvalue weighted by atomic mass is 10.0. The zero-order valence-corrected chi connectivity index (χ0v) is 11.7. The van der Waals surface area contributed by atoms with Gasteiger partial charge in [-0.15, -0.1) is 0 Å². The van der Waals surface area contributed by atoms with Crippen LogP contribution in [0.2, 0.25) is 0 Å². The zero-order chi connectivity index (χ0) is 16.2. The van der Waals surface area contributed by atoms with Crippen LogP contribution in [-0.2, 0) is 11.0 Å². The van der Waals surface area contributed by atoms with E-state index in [1.54, 1.807) is 6.07 Å². The standard InChI is InChI=1S/C14H16F3N3O/c1-8(2)11(19)6-13(21)20-12-4-3-10(14(15,16)17)5-9(12)7-18/h3-5,8,11H,6,19H2,1-2H3,(H,20,21). The van der Waals surface area contributed by atoms with Crippen molar-refractivity contribution in [1.29, 1.82) is 5.26 Å². The molecule has 1 rings (SSSR count). The van der Waals surface area contributed by atoms with Crippen LogP contribution in [0.4, 0.5) is 18.9 Å². The molecule has 3 N–H and O–H groups in total. The van der Waals surface area contributed by atoms with Gasteiger partial charge in [0.1, 0.15) is 6.07 Å². The van der Waals surface area contributed by atoms with Gasteiger partial charge in [-0.1, -0.05) is 13.8 Å². The molecule has 0 aliphatic rings. The van der Waals surface area contributed by atoms with Gasteiger partial charge in [-0.2, -0.15) is 18.4 Å². The summed E-state index contributed by atoms with van der Waals surface area (Å²) in [5, 5.41) is 11.3. The summed E-state index contributed by atoms with van der Waals surface area (Å²) >= 11 is 0. The van der Waals surface area contributed by atoms with E-state index in [9.17, 15) is 18.0 Å². The van der Waals surface area contributed by atoms with E-state index in [2.05, 4.69) is 5.32 Å². The van der Waals surface area contributed by atoms with Gasteiger partial charge in [-0.25, -0.2) is 0 Å². The van der Waals surface area contributed by atoms with E-state index in [1.807, 2.05) is 13.8 Å². The maximum atomic E-state index is 12.5. The van der Waals surface area contributed by atoms with E-state index >= 15 is 0 Å². The third-order valence-electron chi connectivity index (χ3n) is 3.02. The maximum absolute atomic E-state index is 12.5. The molecule has 0 aromatic heterocycles. The molecule has 1 unspecified atom stereocenters. The van der Waals surface area contributed by atoms with Crippen LogP contribution in [0, 0.1) is 17.2 Å². The maximum Gasteiger partial charge on any atom is 0.416 e. The third-order valence-corrected chi connectivity index (χ3v) is 3.02. The first-order valence-electron chi connectivity index (χ1n) is 6.32. The Morgan fingerprint density at radius 1 is 1.43 bits per heavy atom. The predicted octanol–water partition coefficient (Wildman–Crippen LogP) is 2.89. The molecule has 0 aliphatic carbocycles. The molecular weight excluding hydrogens is 283 g/mol. The first-order valence-corrected chi connectivity index (χ1v) is 6.32. The molecule has 0 fully saturated rings. The molecule has 1 aromatic carbocycles. The molecule has 114 valence electrons. The van der Waals surface area contributed by atoms with Gasteiger partial charge >= 0.3 is 6.18 Å². The number of rotatable bonds is 4. The van der Waals surface area contributed by atoms with Crippen LogP contribution in [0.5, 0.6) is 0 Å². The predicted molar refractivity (Wildman–Crippen MR) is 72.2 cm³/mol. The molecule has 0 aliphatic heterocycles. The van der Waals surface area contributed by atoms with Crippen molar-refractivity contribution in [2.75, 3.05) is 5.32 Å². The fraction of sp³-hybridized carbons (Fsp3) is 0.429. The number of nitrogens with one attached hydrogen (secondary N) is 1. The van der Waals surface area contributed by atoms with Crippen molar-refractivity contribution in [3.8, 4) is 6.07 Å². The number of amides is 1. The normalized spacial score (nSPS) is 12.9. The van der Waals surface area contributed by atoms with Crippen molar-refractivity contribution in [2.24, 2.45) is 11.7 Å². The number of nitriles is 1. The summed E-state index contributed by atoms with van der Waals surface area (Å²) in [7, 11) is 0. The van der Waals surface area contributed by atoms with Crippen molar-refractivity contribution >= 4 is 11.6 Å². The van der Waals surface area contributed by atoms with E-state index in [-0.39, 0.29) is 29.6 Å². The van der Waals surface area contributed by atoms with Crippen LogP contribution in [0.3, 0.4) is 0 Å². The Balaban J connectivity index is 2.90. The van der Waals surface area contributed by atoms with Crippen LogP contribution in [0.1, 0.15) is 31.4 Å². The number of halogens is 3. The minimum absolute atomic E-state index is 0.0313. The quantitative estimate of drug-likeness (QED) is 0.897. The zero-order valence-electron chi connectivity index (χ0n) is 11.7. The summed E-state index contributed by atoms with van der Waals surface area (Å²) in [4.78, 5) is 11.8. The van der Waals surface area contributed by atoms with Gasteiger partial charge in [0.05, 0.1) is 16.8 Å². The minimum Gasteiger partial charge on any atom is -0.327 e. The Morgan fingerprint density at radius 3 is 2.52 bits per heavy atom. The van der Waals surface area contributed by atoms with E-state index in [1.165, 1.54) is 0 Å². The molecule has 7 heteroatoms. The smallest absolute Gasteiger partial charge is 0.327 e. The number of carbonyl (C=O) groups excluding carboxylic acids is 1. The van der Waals surface area contributed by atoms with Crippen molar-refractivity contribution < 1.29 is 18.0 Å². The number of hydrogen-bond acceptors (Lipinski definition) is 3. The molecular formula is C14H16F3N3O. The number of nitrogens with zero attached hydrogens (tertiary/aromatic N) is 1. The summed E-state index contributed by atoms with van der Waals surface area (Å²) in [5.41, 5.74) is 4.62. The monoisotopic (exact) mass is 299 g/mol. The van der Waals surface area contributed by atoms with Gasteiger partial charge in [0, 0.05) is 12.5 Å². The molecule has 1 atom stereocenters.